The number of carbonyl (C=O) groups is 1. The molecule has 0 aromatic heterocycles. The molecule has 28 heavy (non-hydrogen) atoms. The van der Waals surface area contributed by atoms with Gasteiger partial charge in [-0.3, -0.25) is 9.79 Å². The molecule has 0 spiro atoms. The number of hydrogen-bond acceptors (Lipinski definition) is 4. The van der Waals surface area contributed by atoms with Crippen LogP contribution in [0.25, 0.3) is 0 Å². The Morgan fingerprint density at radius 3 is 2.43 bits per heavy atom. The molecule has 0 saturated heterocycles. The Hall–Kier alpha value is -2.44. The van der Waals surface area contributed by atoms with Gasteiger partial charge in [0.15, 0.2) is 17.5 Å². The molecular weight excluding hydrogens is 356 g/mol. The van der Waals surface area contributed by atoms with Gasteiger partial charge in [-0.05, 0) is 36.5 Å². The summed E-state index contributed by atoms with van der Waals surface area (Å²) in [7, 11) is 4.97. The topological polar surface area (TPSA) is 84.0 Å². The maximum atomic E-state index is 12.0. The van der Waals surface area contributed by atoms with Gasteiger partial charge in [-0.1, -0.05) is 25.3 Å². The second kappa shape index (κ2) is 12.1. The monoisotopic (exact) mass is 390 g/mol. The molecule has 1 fully saturated rings. The van der Waals surface area contributed by atoms with Gasteiger partial charge in [0.05, 0.1) is 14.2 Å². The van der Waals surface area contributed by atoms with Crippen LogP contribution in [0.3, 0.4) is 0 Å². The van der Waals surface area contributed by atoms with Crippen LogP contribution in [-0.2, 0) is 11.3 Å². The molecule has 1 aromatic rings. The minimum atomic E-state index is 0.155. The Morgan fingerprint density at radius 2 is 1.75 bits per heavy atom. The van der Waals surface area contributed by atoms with E-state index in [0.29, 0.717) is 49.4 Å². The van der Waals surface area contributed by atoms with Crippen LogP contribution in [0.5, 0.6) is 11.5 Å². The Labute approximate surface area is 168 Å². The maximum absolute atomic E-state index is 12.0. The fourth-order valence-electron chi connectivity index (χ4n) is 3.51. The van der Waals surface area contributed by atoms with Gasteiger partial charge in [-0.25, -0.2) is 0 Å². The number of nitrogens with one attached hydrogen (secondary N) is 3. The maximum Gasteiger partial charge on any atom is 0.220 e. The van der Waals surface area contributed by atoms with Crippen LogP contribution < -0.4 is 25.4 Å². The number of nitrogens with zero attached hydrogens (tertiary/aromatic N) is 1. The molecule has 1 saturated carbocycles. The van der Waals surface area contributed by atoms with Crippen molar-refractivity contribution in [3.05, 3.63) is 23.8 Å². The number of aliphatic imine (C=N–C) groups is 1. The molecule has 1 aliphatic rings. The van der Waals surface area contributed by atoms with Crippen LogP contribution in [0.4, 0.5) is 0 Å². The molecule has 156 valence electrons. The zero-order chi connectivity index (χ0) is 20.2. The molecule has 0 bridgehead atoms. The summed E-state index contributed by atoms with van der Waals surface area (Å²) in [5.74, 6) is 2.82. The Kier molecular flexibility index (Phi) is 9.45. The number of ether oxygens (including phenoxy) is 2. The lowest BCUT2D eigenvalue weighted by molar-refractivity contribution is -0.122. The molecule has 0 aliphatic heterocycles. The summed E-state index contributed by atoms with van der Waals surface area (Å²) in [6, 6.07) is 5.80. The van der Waals surface area contributed by atoms with Crippen molar-refractivity contribution < 1.29 is 14.3 Å². The SMILES string of the molecule is CN=C(NCCNC(=O)CC1CCCCC1)NCc1ccc(OC)c(OC)c1. The first kappa shape index (κ1) is 21.9. The van der Waals surface area contributed by atoms with Crippen molar-refractivity contribution in [2.24, 2.45) is 10.9 Å². The molecule has 0 radical (unpaired) electrons. The largest absolute Gasteiger partial charge is 0.493 e. The van der Waals surface area contributed by atoms with Crippen molar-refractivity contribution in [2.45, 2.75) is 45.1 Å². The van der Waals surface area contributed by atoms with Crippen molar-refractivity contribution in [2.75, 3.05) is 34.4 Å². The normalized spacial score (nSPS) is 15.0. The predicted octanol–water partition coefficient (Wildman–Crippen LogP) is 2.46. The van der Waals surface area contributed by atoms with Crippen molar-refractivity contribution in [3.63, 3.8) is 0 Å². The van der Waals surface area contributed by atoms with Crippen LogP contribution in [0.15, 0.2) is 23.2 Å². The third-order valence-corrected chi connectivity index (χ3v) is 5.07. The summed E-state index contributed by atoms with van der Waals surface area (Å²) in [6.45, 7) is 1.82. The average molecular weight is 391 g/mol. The third kappa shape index (κ3) is 7.29. The molecule has 3 N–H and O–H groups in total. The van der Waals surface area contributed by atoms with Crippen molar-refractivity contribution in [1.29, 1.82) is 0 Å². The Bertz CT molecular complexity index is 643. The van der Waals surface area contributed by atoms with E-state index in [1.54, 1.807) is 21.3 Å². The average Bonchev–Trinajstić information content (AvgIpc) is 2.73. The summed E-state index contributed by atoms with van der Waals surface area (Å²) in [5.41, 5.74) is 1.06. The van der Waals surface area contributed by atoms with E-state index in [9.17, 15) is 4.79 Å². The Balaban J connectivity index is 1.66. The highest BCUT2D eigenvalue weighted by Gasteiger charge is 2.16. The standard InChI is InChI=1S/C21H34N4O3/c1-22-21(25-15-17-9-10-18(27-2)19(13-17)28-3)24-12-11-23-20(26)14-16-7-5-4-6-8-16/h9-10,13,16H,4-8,11-12,14-15H2,1-3H3,(H,23,26)(H2,22,24,25). The second-order valence-corrected chi connectivity index (χ2v) is 7.10. The van der Waals surface area contributed by atoms with Crippen LogP contribution >= 0.6 is 0 Å². The quantitative estimate of drug-likeness (QED) is 0.343. The molecule has 1 amide bonds. The van der Waals surface area contributed by atoms with E-state index in [-0.39, 0.29) is 5.91 Å². The first-order valence-electron chi connectivity index (χ1n) is 10.1. The minimum Gasteiger partial charge on any atom is -0.493 e. The molecular formula is C21H34N4O3. The van der Waals surface area contributed by atoms with Crippen LogP contribution in [0.1, 0.15) is 44.1 Å². The van der Waals surface area contributed by atoms with Gasteiger partial charge >= 0.3 is 0 Å². The van der Waals surface area contributed by atoms with Gasteiger partial charge < -0.3 is 25.4 Å². The highest BCUT2D eigenvalue weighted by atomic mass is 16.5. The Morgan fingerprint density at radius 1 is 1.04 bits per heavy atom. The van der Waals surface area contributed by atoms with E-state index in [4.69, 9.17) is 9.47 Å². The van der Waals surface area contributed by atoms with Crippen LogP contribution in [-0.4, -0.2) is 46.2 Å². The molecule has 0 heterocycles. The number of rotatable bonds is 9. The fourth-order valence-corrected chi connectivity index (χ4v) is 3.51. The summed E-state index contributed by atoms with van der Waals surface area (Å²) in [4.78, 5) is 16.3. The molecule has 0 unspecified atom stereocenters. The molecule has 7 heteroatoms. The number of carbonyl (C=O) groups excluding carboxylic acids is 1. The lowest BCUT2D eigenvalue weighted by Gasteiger charge is -2.20. The molecule has 7 nitrogen and oxygen atoms in total. The van der Waals surface area contributed by atoms with Gasteiger partial charge in [0.25, 0.3) is 0 Å². The number of amides is 1. The van der Waals surface area contributed by atoms with E-state index >= 15 is 0 Å². The zero-order valence-corrected chi connectivity index (χ0v) is 17.3. The summed E-state index contributed by atoms with van der Waals surface area (Å²) in [5, 5.41) is 9.47. The first-order valence-corrected chi connectivity index (χ1v) is 10.1. The predicted molar refractivity (Wildman–Crippen MR) is 112 cm³/mol. The van der Waals surface area contributed by atoms with Gasteiger partial charge in [0.1, 0.15) is 0 Å². The summed E-state index contributed by atoms with van der Waals surface area (Å²) in [6.07, 6.45) is 6.89. The molecule has 2 rings (SSSR count). The van der Waals surface area contributed by atoms with E-state index < -0.39 is 0 Å². The van der Waals surface area contributed by atoms with Crippen LogP contribution in [0, 0.1) is 5.92 Å². The first-order chi connectivity index (χ1) is 13.7. The number of benzene rings is 1. The minimum absolute atomic E-state index is 0.155. The van der Waals surface area contributed by atoms with Gasteiger partial charge in [-0.15, -0.1) is 0 Å². The van der Waals surface area contributed by atoms with E-state index in [2.05, 4.69) is 20.9 Å². The van der Waals surface area contributed by atoms with Gasteiger partial charge in [-0.2, -0.15) is 0 Å². The zero-order valence-electron chi connectivity index (χ0n) is 17.3. The van der Waals surface area contributed by atoms with Crippen molar-refractivity contribution >= 4 is 11.9 Å². The van der Waals surface area contributed by atoms with E-state index in [1.807, 2.05) is 18.2 Å². The third-order valence-electron chi connectivity index (χ3n) is 5.07. The summed E-state index contributed by atoms with van der Waals surface area (Å²) >= 11 is 0. The smallest absolute Gasteiger partial charge is 0.220 e. The van der Waals surface area contributed by atoms with Gasteiger partial charge in [0, 0.05) is 33.1 Å². The van der Waals surface area contributed by atoms with E-state index in [0.717, 1.165) is 5.56 Å². The number of hydrogen-bond donors (Lipinski definition) is 3. The second-order valence-electron chi connectivity index (χ2n) is 7.10. The van der Waals surface area contributed by atoms with Crippen molar-refractivity contribution in [3.8, 4) is 11.5 Å². The number of methoxy groups -OCH3 is 2. The molecule has 0 atom stereocenters. The lowest BCUT2D eigenvalue weighted by Crippen LogP contribution is -2.41. The van der Waals surface area contributed by atoms with Crippen molar-refractivity contribution in [1.82, 2.24) is 16.0 Å². The lowest BCUT2D eigenvalue weighted by atomic mass is 9.87. The molecule has 1 aliphatic carbocycles. The highest BCUT2D eigenvalue weighted by Crippen LogP contribution is 2.27. The molecule has 1 aromatic carbocycles. The summed E-state index contributed by atoms with van der Waals surface area (Å²) < 4.78 is 10.6. The van der Waals surface area contributed by atoms with E-state index in [1.165, 1.54) is 32.1 Å². The van der Waals surface area contributed by atoms with Crippen LogP contribution in [0.2, 0.25) is 0 Å². The number of guanidine groups is 1. The fraction of sp³-hybridized carbons (Fsp3) is 0.619. The van der Waals surface area contributed by atoms with Gasteiger partial charge in [0.2, 0.25) is 5.91 Å². The highest BCUT2D eigenvalue weighted by molar-refractivity contribution is 5.80.